The Balaban J connectivity index is 1.79. The van der Waals surface area contributed by atoms with Crippen molar-refractivity contribution in [3.05, 3.63) is 34.9 Å². The third-order valence-corrected chi connectivity index (χ3v) is 4.22. The number of aliphatic hydroxyl groups excluding tert-OH is 1. The normalized spacial score (nSPS) is 24.2. The minimum absolute atomic E-state index is 0.0637. The van der Waals surface area contributed by atoms with Crippen LogP contribution in [0.5, 0.6) is 0 Å². The van der Waals surface area contributed by atoms with Crippen molar-refractivity contribution >= 4 is 0 Å². The topological polar surface area (TPSA) is 32.3 Å². The molecule has 0 spiro atoms. The summed E-state index contributed by atoms with van der Waals surface area (Å²) in [6, 6.07) is 6.49. The molecule has 1 aromatic rings. The van der Waals surface area contributed by atoms with E-state index < -0.39 is 0 Å². The molecule has 0 aromatic heterocycles. The van der Waals surface area contributed by atoms with E-state index >= 15 is 0 Å². The van der Waals surface area contributed by atoms with E-state index in [9.17, 15) is 5.11 Å². The van der Waals surface area contributed by atoms with Gasteiger partial charge in [-0.3, -0.25) is 0 Å². The Hall–Kier alpha value is -0.860. The summed E-state index contributed by atoms with van der Waals surface area (Å²) in [4.78, 5) is 0. The van der Waals surface area contributed by atoms with Crippen molar-refractivity contribution in [1.29, 1.82) is 0 Å². The van der Waals surface area contributed by atoms with Crippen LogP contribution in [-0.4, -0.2) is 17.8 Å². The van der Waals surface area contributed by atoms with Crippen LogP contribution in [0, 0.1) is 19.8 Å². The maximum absolute atomic E-state index is 9.65. The third-order valence-electron chi connectivity index (χ3n) is 4.22. The van der Waals surface area contributed by atoms with Crippen LogP contribution < -0.4 is 5.32 Å². The van der Waals surface area contributed by atoms with Gasteiger partial charge in [0.05, 0.1) is 6.10 Å². The molecule has 0 radical (unpaired) electrons. The lowest BCUT2D eigenvalue weighted by atomic mass is 9.87. The van der Waals surface area contributed by atoms with Crippen molar-refractivity contribution in [3.63, 3.8) is 0 Å². The molecule has 18 heavy (non-hydrogen) atoms. The predicted octanol–water partition coefficient (Wildman–Crippen LogP) is 2.94. The molecule has 0 bridgehead atoms. The zero-order valence-corrected chi connectivity index (χ0v) is 11.6. The monoisotopic (exact) mass is 247 g/mol. The second kappa shape index (κ2) is 6.35. The van der Waals surface area contributed by atoms with Crippen LogP contribution in [-0.2, 0) is 6.54 Å². The highest BCUT2D eigenvalue weighted by atomic mass is 16.3. The zero-order valence-electron chi connectivity index (χ0n) is 11.6. The van der Waals surface area contributed by atoms with Gasteiger partial charge in [-0.15, -0.1) is 0 Å². The molecular formula is C16H25NO. The highest BCUT2D eigenvalue weighted by Gasteiger charge is 2.19. The molecule has 0 heterocycles. The van der Waals surface area contributed by atoms with Gasteiger partial charge in [0, 0.05) is 6.54 Å². The van der Waals surface area contributed by atoms with E-state index in [1.165, 1.54) is 29.5 Å². The van der Waals surface area contributed by atoms with Crippen molar-refractivity contribution in [1.82, 2.24) is 5.32 Å². The largest absolute Gasteiger partial charge is 0.393 e. The Morgan fingerprint density at radius 1 is 1.28 bits per heavy atom. The molecule has 1 fully saturated rings. The fourth-order valence-corrected chi connectivity index (χ4v) is 2.86. The van der Waals surface area contributed by atoms with E-state index in [0.29, 0.717) is 5.92 Å². The second-order valence-electron chi connectivity index (χ2n) is 5.68. The first-order valence-corrected chi connectivity index (χ1v) is 7.10. The van der Waals surface area contributed by atoms with Gasteiger partial charge in [-0.05, 0) is 62.3 Å². The minimum atomic E-state index is -0.0637. The number of nitrogens with one attached hydrogen (secondary N) is 1. The molecule has 2 atom stereocenters. The van der Waals surface area contributed by atoms with Gasteiger partial charge >= 0.3 is 0 Å². The lowest BCUT2D eigenvalue weighted by molar-refractivity contribution is 0.101. The molecule has 2 heteroatoms. The summed E-state index contributed by atoms with van der Waals surface area (Å²) in [6.45, 7) is 6.33. The van der Waals surface area contributed by atoms with Crippen molar-refractivity contribution in [3.8, 4) is 0 Å². The number of aliphatic hydroxyl groups is 1. The molecule has 1 aliphatic rings. The molecular weight excluding hydrogens is 222 g/mol. The van der Waals surface area contributed by atoms with E-state index in [0.717, 1.165) is 25.9 Å². The summed E-state index contributed by atoms with van der Waals surface area (Å²) in [6.07, 6.45) is 4.34. The predicted molar refractivity (Wildman–Crippen MR) is 75.6 cm³/mol. The first-order valence-electron chi connectivity index (χ1n) is 7.10. The van der Waals surface area contributed by atoms with Gasteiger partial charge in [0.15, 0.2) is 0 Å². The quantitative estimate of drug-likeness (QED) is 0.857. The minimum Gasteiger partial charge on any atom is -0.393 e. The molecule has 1 aliphatic carbocycles. The molecule has 0 aliphatic heterocycles. The number of hydrogen-bond acceptors (Lipinski definition) is 2. The van der Waals surface area contributed by atoms with Crippen LogP contribution in [0.1, 0.15) is 42.4 Å². The SMILES string of the molecule is Cc1cccc(CNCC2CCCC(O)C2)c1C. The summed E-state index contributed by atoms with van der Waals surface area (Å²) < 4.78 is 0. The molecule has 1 aromatic carbocycles. The highest BCUT2D eigenvalue weighted by Crippen LogP contribution is 2.23. The highest BCUT2D eigenvalue weighted by molar-refractivity contribution is 5.32. The summed E-state index contributed by atoms with van der Waals surface area (Å²) in [5.74, 6) is 0.652. The van der Waals surface area contributed by atoms with Gasteiger partial charge < -0.3 is 10.4 Å². The van der Waals surface area contributed by atoms with Gasteiger partial charge in [0.25, 0.3) is 0 Å². The Morgan fingerprint density at radius 2 is 2.11 bits per heavy atom. The Labute approximate surface area is 110 Å². The first-order chi connectivity index (χ1) is 8.66. The van der Waals surface area contributed by atoms with Gasteiger partial charge in [0.2, 0.25) is 0 Å². The number of aryl methyl sites for hydroxylation is 1. The molecule has 0 amide bonds. The Bertz CT molecular complexity index is 389. The van der Waals surface area contributed by atoms with E-state index in [1.807, 2.05) is 0 Å². The van der Waals surface area contributed by atoms with Crippen molar-refractivity contribution in [2.45, 2.75) is 52.2 Å². The molecule has 100 valence electrons. The first kappa shape index (κ1) is 13.6. The maximum Gasteiger partial charge on any atom is 0.0543 e. The van der Waals surface area contributed by atoms with Crippen molar-refractivity contribution in [2.75, 3.05) is 6.54 Å². The van der Waals surface area contributed by atoms with Gasteiger partial charge in [-0.2, -0.15) is 0 Å². The van der Waals surface area contributed by atoms with Gasteiger partial charge in [-0.25, -0.2) is 0 Å². The lowest BCUT2D eigenvalue weighted by Gasteiger charge is -2.26. The van der Waals surface area contributed by atoms with Crippen LogP contribution in [0.4, 0.5) is 0 Å². The van der Waals surface area contributed by atoms with E-state index in [1.54, 1.807) is 0 Å². The third kappa shape index (κ3) is 3.56. The van der Waals surface area contributed by atoms with E-state index in [-0.39, 0.29) is 6.10 Å². The molecule has 0 saturated heterocycles. The molecule has 2 rings (SSSR count). The van der Waals surface area contributed by atoms with Gasteiger partial charge in [0.1, 0.15) is 0 Å². The fourth-order valence-electron chi connectivity index (χ4n) is 2.86. The zero-order chi connectivity index (χ0) is 13.0. The molecule has 1 saturated carbocycles. The summed E-state index contributed by atoms with van der Waals surface area (Å²) in [5.41, 5.74) is 4.16. The molecule has 2 nitrogen and oxygen atoms in total. The van der Waals surface area contributed by atoms with Crippen LogP contribution in [0.2, 0.25) is 0 Å². The van der Waals surface area contributed by atoms with Crippen LogP contribution >= 0.6 is 0 Å². The average Bonchev–Trinajstić information content (AvgIpc) is 2.35. The Morgan fingerprint density at radius 3 is 2.89 bits per heavy atom. The smallest absolute Gasteiger partial charge is 0.0543 e. The molecule has 2 unspecified atom stereocenters. The number of rotatable bonds is 4. The lowest BCUT2D eigenvalue weighted by Crippen LogP contribution is -2.29. The number of benzene rings is 1. The van der Waals surface area contributed by atoms with E-state index in [4.69, 9.17) is 0 Å². The average molecular weight is 247 g/mol. The second-order valence-corrected chi connectivity index (χ2v) is 5.68. The standard InChI is InChI=1S/C16H25NO/c1-12-5-3-7-15(13(12)2)11-17-10-14-6-4-8-16(18)9-14/h3,5,7,14,16-18H,4,6,8-11H2,1-2H3. The fraction of sp³-hybridized carbons (Fsp3) is 0.625. The van der Waals surface area contributed by atoms with Crippen molar-refractivity contribution < 1.29 is 5.11 Å². The summed E-state index contributed by atoms with van der Waals surface area (Å²) in [5, 5.41) is 13.2. The summed E-state index contributed by atoms with van der Waals surface area (Å²) in [7, 11) is 0. The molecule has 2 N–H and O–H groups in total. The van der Waals surface area contributed by atoms with Crippen LogP contribution in [0.25, 0.3) is 0 Å². The maximum atomic E-state index is 9.65. The van der Waals surface area contributed by atoms with E-state index in [2.05, 4.69) is 37.4 Å². The van der Waals surface area contributed by atoms with Crippen molar-refractivity contribution in [2.24, 2.45) is 5.92 Å². The Kier molecular flexibility index (Phi) is 4.79. The number of hydrogen-bond donors (Lipinski definition) is 2. The summed E-state index contributed by atoms with van der Waals surface area (Å²) >= 11 is 0. The van der Waals surface area contributed by atoms with Crippen LogP contribution in [0.15, 0.2) is 18.2 Å². The van der Waals surface area contributed by atoms with Crippen LogP contribution in [0.3, 0.4) is 0 Å². The van der Waals surface area contributed by atoms with Gasteiger partial charge in [-0.1, -0.05) is 24.6 Å².